The van der Waals surface area contributed by atoms with Crippen molar-refractivity contribution in [2.75, 3.05) is 19.7 Å². The number of likely N-dealkylation sites (tertiary alicyclic amines) is 1. The smallest absolute Gasteiger partial charge is 0.225 e. The van der Waals surface area contributed by atoms with Gasteiger partial charge in [-0.15, -0.1) is 12.4 Å². The fraction of sp³-hybridized carbons (Fsp3) is 0.562. The van der Waals surface area contributed by atoms with E-state index < -0.39 is 0 Å². The second kappa shape index (κ2) is 9.77. The summed E-state index contributed by atoms with van der Waals surface area (Å²) in [6.45, 7) is 2.45. The van der Waals surface area contributed by atoms with Crippen molar-refractivity contribution in [1.29, 1.82) is 0 Å². The zero-order valence-corrected chi connectivity index (χ0v) is 13.2. The van der Waals surface area contributed by atoms with Crippen LogP contribution >= 0.6 is 12.4 Å². The van der Waals surface area contributed by atoms with E-state index in [1.165, 1.54) is 6.42 Å². The molecule has 0 saturated carbocycles. The van der Waals surface area contributed by atoms with Gasteiger partial charge in [0, 0.05) is 19.1 Å². The molecule has 2 rings (SSSR count). The molecule has 21 heavy (non-hydrogen) atoms. The third-order valence-corrected chi connectivity index (χ3v) is 3.79. The SMILES string of the molecule is Cl.NCC1CCCCN1C(=O)CCOCc1ccccc1. The zero-order chi connectivity index (χ0) is 14.2. The third kappa shape index (κ3) is 5.65. The summed E-state index contributed by atoms with van der Waals surface area (Å²) in [5.74, 6) is 0.174. The van der Waals surface area contributed by atoms with E-state index in [1.54, 1.807) is 0 Å². The molecule has 1 fully saturated rings. The Bertz CT molecular complexity index is 414. The minimum absolute atomic E-state index is 0. The predicted molar refractivity (Wildman–Crippen MR) is 86.4 cm³/mol. The molecule has 1 aliphatic heterocycles. The van der Waals surface area contributed by atoms with Crippen LogP contribution in [0, 0.1) is 0 Å². The van der Waals surface area contributed by atoms with Crippen LogP contribution in [0.2, 0.25) is 0 Å². The normalized spacial score (nSPS) is 18.1. The predicted octanol–water partition coefficient (Wildman–Crippen LogP) is 2.35. The van der Waals surface area contributed by atoms with Crippen LogP contribution in [-0.2, 0) is 16.1 Å². The van der Waals surface area contributed by atoms with Gasteiger partial charge < -0.3 is 15.4 Å². The highest BCUT2D eigenvalue weighted by atomic mass is 35.5. The Morgan fingerprint density at radius 2 is 2.05 bits per heavy atom. The minimum atomic E-state index is 0. The largest absolute Gasteiger partial charge is 0.376 e. The van der Waals surface area contributed by atoms with Gasteiger partial charge in [0.25, 0.3) is 0 Å². The van der Waals surface area contributed by atoms with E-state index in [4.69, 9.17) is 10.5 Å². The van der Waals surface area contributed by atoms with Crippen molar-refractivity contribution in [2.45, 2.75) is 38.3 Å². The second-order valence-electron chi connectivity index (χ2n) is 5.26. The molecule has 4 nitrogen and oxygen atoms in total. The molecule has 1 unspecified atom stereocenters. The Balaban J connectivity index is 0.00000220. The average Bonchev–Trinajstić information content (AvgIpc) is 2.52. The van der Waals surface area contributed by atoms with Gasteiger partial charge in [-0.25, -0.2) is 0 Å². The summed E-state index contributed by atoms with van der Waals surface area (Å²) in [5.41, 5.74) is 6.87. The molecule has 1 atom stereocenters. The maximum Gasteiger partial charge on any atom is 0.225 e. The number of rotatable bonds is 6. The van der Waals surface area contributed by atoms with E-state index in [2.05, 4.69) is 0 Å². The Morgan fingerprint density at radius 3 is 2.76 bits per heavy atom. The van der Waals surface area contributed by atoms with Crippen molar-refractivity contribution < 1.29 is 9.53 Å². The molecule has 1 amide bonds. The molecule has 0 aliphatic carbocycles. The van der Waals surface area contributed by atoms with Gasteiger partial charge in [0.2, 0.25) is 5.91 Å². The van der Waals surface area contributed by atoms with Crippen LogP contribution in [0.1, 0.15) is 31.2 Å². The summed E-state index contributed by atoms with van der Waals surface area (Å²) < 4.78 is 5.57. The van der Waals surface area contributed by atoms with E-state index in [0.717, 1.165) is 24.9 Å². The van der Waals surface area contributed by atoms with E-state index in [1.807, 2.05) is 35.2 Å². The lowest BCUT2D eigenvalue weighted by Crippen LogP contribution is -2.47. The van der Waals surface area contributed by atoms with Crippen molar-refractivity contribution in [3.8, 4) is 0 Å². The number of hydrogen-bond donors (Lipinski definition) is 1. The Labute approximate surface area is 133 Å². The molecule has 118 valence electrons. The fourth-order valence-corrected chi connectivity index (χ4v) is 2.64. The lowest BCUT2D eigenvalue weighted by atomic mass is 10.0. The molecular formula is C16H25ClN2O2. The highest BCUT2D eigenvalue weighted by Crippen LogP contribution is 2.17. The minimum Gasteiger partial charge on any atom is -0.376 e. The van der Waals surface area contributed by atoms with E-state index in [-0.39, 0.29) is 24.4 Å². The van der Waals surface area contributed by atoms with Gasteiger partial charge in [-0.3, -0.25) is 4.79 Å². The van der Waals surface area contributed by atoms with Gasteiger partial charge in [0.1, 0.15) is 0 Å². The molecule has 0 spiro atoms. The molecular weight excluding hydrogens is 288 g/mol. The number of nitrogens with zero attached hydrogens (tertiary/aromatic N) is 1. The van der Waals surface area contributed by atoms with Gasteiger partial charge in [-0.2, -0.15) is 0 Å². The Morgan fingerprint density at radius 1 is 1.29 bits per heavy atom. The van der Waals surface area contributed by atoms with Gasteiger partial charge in [0.15, 0.2) is 0 Å². The molecule has 0 radical (unpaired) electrons. The van der Waals surface area contributed by atoms with Gasteiger partial charge in [-0.05, 0) is 24.8 Å². The first-order chi connectivity index (χ1) is 9.81. The third-order valence-electron chi connectivity index (χ3n) is 3.79. The van der Waals surface area contributed by atoms with E-state index >= 15 is 0 Å². The zero-order valence-electron chi connectivity index (χ0n) is 12.4. The number of nitrogens with two attached hydrogens (primary N) is 1. The van der Waals surface area contributed by atoms with E-state index in [9.17, 15) is 4.79 Å². The summed E-state index contributed by atoms with van der Waals surface area (Å²) in [6, 6.07) is 10.2. The summed E-state index contributed by atoms with van der Waals surface area (Å²) >= 11 is 0. The van der Waals surface area contributed by atoms with Gasteiger partial charge in [-0.1, -0.05) is 30.3 Å². The molecule has 1 aromatic rings. The number of piperidine rings is 1. The van der Waals surface area contributed by atoms with E-state index in [0.29, 0.717) is 26.2 Å². The highest BCUT2D eigenvalue weighted by Gasteiger charge is 2.24. The van der Waals surface area contributed by atoms with Crippen LogP contribution in [0.4, 0.5) is 0 Å². The summed E-state index contributed by atoms with van der Waals surface area (Å²) in [4.78, 5) is 14.1. The fourth-order valence-electron chi connectivity index (χ4n) is 2.64. The highest BCUT2D eigenvalue weighted by molar-refractivity contribution is 5.85. The first-order valence-electron chi connectivity index (χ1n) is 7.42. The Kier molecular flexibility index (Phi) is 8.35. The average molecular weight is 313 g/mol. The lowest BCUT2D eigenvalue weighted by molar-refractivity contribution is -0.135. The molecule has 1 aliphatic rings. The summed E-state index contributed by atoms with van der Waals surface area (Å²) in [7, 11) is 0. The monoisotopic (exact) mass is 312 g/mol. The topological polar surface area (TPSA) is 55.6 Å². The molecule has 1 saturated heterocycles. The summed E-state index contributed by atoms with van der Waals surface area (Å²) in [6.07, 6.45) is 3.75. The van der Waals surface area contributed by atoms with Crippen molar-refractivity contribution in [3.05, 3.63) is 35.9 Å². The van der Waals surface area contributed by atoms with Crippen LogP contribution in [-0.4, -0.2) is 36.5 Å². The van der Waals surface area contributed by atoms with Crippen LogP contribution < -0.4 is 5.73 Å². The number of amides is 1. The quantitative estimate of drug-likeness (QED) is 0.820. The van der Waals surface area contributed by atoms with Crippen molar-refractivity contribution in [1.82, 2.24) is 4.90 Å². The number of benzene rings is 1. The molecule has 0 aromatic heterocycles. The van der Waals surface area contributed by atoms with Crippen LogP contribution in [0.15, 0.2) is 30.3 Å². The van der Waals surface area contributed by atoms with Crippen molar-refractivity contribution >= 4 is 18.3 Å². The number of halogens is 1. The number of carbonyl (C=O) groups is 1. The Hall–Kier alpha value is -1.10. The van der Waals surface area contributed by atoms with Crippen LogP contribution in [0.5, 0.6) is 0 Å². The molecule has 5 heteroatoms. The van der Waals surface area contributed by atoms with Crippen molar-refractivity contribution in [2.24, 2.45) is 5.73 Å². The number of ether oxygens (including phenoxy) is 1. The summed E-state index contributed by atoms with van der Waals surface area (Å²) in [5, 5.41) is 0. The standard InChI is InChI=1S/C16H24N2O2.ClH/c17-12-15-8-4-5-10-18(15)16(19)9-11-20-13-14-6-2-1-3-7-14;/h1-3,6-7,15H,4-5,8-13,17H2;1H. The van der Waals surface area contributed by atoms with Gasteiger partial charge in [0.05, 0.1) is 19.6 Å². The molecule has 0 bridgehead atoms. The maximum atomic E-state index is 12.2. The molecule has 1 heterocycles. The molecule has 2 N–H and O–H groups in total. The number of hydrogen-bond acceptors (Lipinski definition) is 3. The van der Waals surface area contributed by atoms with Crippen molar-refractivity contribution in [3.63, 3.8) is 0 Å². The lowest BCUT2D eigenvalue weighted by Gasteiger charge is -2.35. The second-order valence-corrected chi connectivity index (χ2v) is 5.26. The number of carbonyl (C=O) groups excluding carboxylic acids is 1. The molecule has 1 aromatic carbocycles. The first-order valence-corrected chi connectivity index (χ1v) is 7.42. The maximum absolute atomic E-state index is 12.2. The van der Waals surface area contributed by atoms with Crippen LogP contribution in [0.3, 0.4) is 0 Å². The van der Waals surface area contributed by atoms with Gasteiger partial charge >= 0.3 is 0 Å². The van der Waals surface area contributed by atoms with Crippen LogP contribution in [0.25, 0.3) is 0 Å². The first kappa shape index (κ1) is 18.0.